The fourth-order valence-electron chi connectivity index (χ4n) is 4.29. The molecule has 5 atom stereocenters. The summed E-state index contributed by atoms with van der Waals surface area (Å²) < 4.78 is 12.0. The van der Waals surface area contributed by atoms with E-state index in [4.69, 9.17) is 9.47 Å². The van der Waals surface area contributed by atoms with E-state index in [2.05, 4.69) is 44.7 Å². The summed E-state index contributed by atoms with van der Waals surface area (Å²) in [6.45, 7) is 13.9. The van der Waals surface area contributed by atoms with E-state index >= 15 is 0 Å². The van der Waals surface area contributed by atoms with Crippen molar-refractivity contribution in [3.63, 3.8) is 0 Å². The van der Waals surface area contributed by atoms with Crippen LogP contribution in [0.3, 0.4) is 0 Å². The van der Waals surface area contributed by atoms with Gasteiger partial charge in [-0.25, -0.2) is 0 Å². The summed E-state index contributed by atoms with van der Waals surface area (Å²) in [5, 5.41) is 12.9. The van der Waals surface area contributed by atoms with Gasteiger partial charge in [-0.1, -0.05) is 32.3 Å². The highest BCUT2D eigenvalue weighted by molar-refractivity contribution is 5.87. The van der Waals surface area contributed by atoms with Gasteiger partial charge < -0.3 is 14.7 Å². The first-order valence-electron chi connectivity index (χ1n) is 9.58. The lowest BCUT2D eigenvalue weighted by Gasteiger charge is -2.38. The molecule has 1 saturated heterocycles. The van der Waals surface area contributed by atoms with Crippen molar-refractivity contribution in [3.05, 3.63) is 0 Å². The third-order valence-electron chi connectivity index (χ3n) is 5.47. The molecule has 2 fully saturated rings. The fraction of sp³-hybridized carbons (Fsp3) is 0.947. The molecule has 2 aliphatic rings. The smallest absolute Gasteiger partial charge is 0.0967 e. The molecule has 0 aromatic carbocycles. The molecule has 0 aromatic heterocycles. The quantitative estimate of drug-likeness (QED) is 0.457. The molecule has 1 saturated carbocycles. The predicted molar refractivity (Wildman–Crippen MR) is 96.8 cm³/mol. The van der Waals surface area contributed by atoms with Crippen LogP contribution < -0.4 is 0 Å². The number of nitrogens with zero attached hydrogens (tertiary/aromatic N) is 2. The van der Waals surface area contributed by atoms with Crippen LogP contribution in [-0.4, -0.2) is 60.4 Å². The van der Waals surface area contributed by atoms with Crippen LogP contribution in [0, 0.1) is 17.8 Å². The van der Waals surface area contributed by atoms with E-state index in [1.807, 2.05) is 0 Å². The molecule has 1 aliphatic heterocycles. The molecule has 1 aliphatic carbocycles. The van der Waals surface area contributed by atoms with Crippen LogP contribution in [0.2, 0.25) is 0 Å². The van der Waals surface area contributed by atoms with Crippen LogP contribution in [0.4, 0.5) is 0 Å². The van der Waals surface area contributed by atoms with Gasteiger partial charge in [-0.15, -0.1) is 0 Å². The lowest BCUT2D eigenvalue weighted by molar-refractivity contribution is -0.0647. The maximum Gasteiger partial charge on any atom is 0.0967 e. The second-order valence-corrected chi connectivity index (χ2v) is 8.29. The van der Waals surface area contributed by atoms with Crippen molar-refractivity contribution in [2.45, 2.75) is 72.2 Å². The summed E-state index contributed by atoms with van der Waals surface area (Å²) in [4.78, 5) is 2.29. The largest absolute Gasteiger partial charge is 0.411 e. The number of oxime groups is 1. The van der Waals surface area contributed by atoms with Crippen molar-refractivity contribution in [1.82, 2.24) is 4.90 Å². The third-order valence-corrected chi connectivity index (χ3v) is 5.47. The van der Waals surface area contributed by atoms with Crippen molar-refractivity contribution < 1.29 is 14.7 Å². The molecule has 1 N–H and O–H groups in total. The van der Waals surface area contributed by atoms with Gasteiger partial charge in [-0.3, -0.25) is 4.90 Å². The van der Waals surface area contributed by atoms with Crippen molar-refractivity contribution >= 4 is 5.71 Å². The predicted octanol–water partition coefficient (Wildman–Crippen LogP) is 3.40. The van der Waals surface area contributed by atoms with E-state index < -0.39 is 0 Å². The highest BCUT2D eigenvalue weighted by Crippen LogP contribution is 2.35. The average molecular weight is 341 g/mol. The Morgan fingerprint density at radius 1 is 1.21 bits per heavy atom. The molecule has 0 bridgehead atoms. The maximum atomic E-state index is 9.40. The molecule has 0 amide bonds. The maximum absolute atomic E-state index is 9.40. The minimum Gasteiger partial charge on any atom is -0.411 e. The first-order chi connectivity index (χ1) is 11.4. The Labute approximate surface area is 147 Å². The molecule has 140 valence electrons. The van der Waals surface area contributed by atoms with E-state index in [0.717, 1.165) is 31.1 Å². The van der Waals surface area contributed by atoms with Gasteiger partial charge in [-0.05, 0) is 44.4 Å². The van der Waals surface area contributed by atoms with Gasteiger partial charge in [-0.2, -0.15) is 0 Å². The molecule has 0 spiro atoms. The Kier molecular flexibility index (Phi) is 7.51. The second kappa shape index (κ2) is 9.16. The lowest BCUT2D eigenvalue weighted by Crippen LogP contribution is -2.48. The average Bonchev–Trinajstić information content (AvgIpc) is 2.50. The van der Waals surface area contributed by atoms with Gasteiger partial charge in [0, 0.05) is 19.6 Å². The van der Waals surface area contributed by atoms with Gasteiger partial charge in [0.05, 0.1) is 30.6 Å². The third kappa shape index (κ3) is 5.71. The van der Waals surface area contributed by atoms with Crippen LogP contribution in [0.25, 0.3) is 0 Å². The van der Waals surface area contributed by atoms with Gasteiger partial charge >= 0.3 is 0 Å². The normalized spacial score (nSPS) is 36.2. The van der Waals surface area contributed by atoms with E-state index in [1.54, 1.807) is 0 Å². The Morgan fingerprint density at radius 3 is 2.46 bits per heavy atom. The van der Waals surface area contributed by atoms with Crippen molar-refractivity contribution in [1.29, 1.82) is 0 Å². The molecule has 0 radical (unpaired) electrons. The van der Waals surface area contributed by atoms with Crippen molar-refractivity contribution in [3.8, 4) is 0 Å². The molecular weight excluding hydrogens is 304 g/mol. The summed E-state index contributed by atoms with van der Waals surface area (Å²) in [7, 11) is 0. The van der Waals surface area contributed by atoms with Crippen molar-refractivity contribution in [2.24, 2.45) is 22.9 Å². The Hall–Kier alpha value is -0.650. The van der Waals surface area contributed by atoms with E-state index in [1.165, 1.54) is 12.8 Å². The van der Waals surface area contributed by atoms with Gasteiger partial charge in [0.1, 0.15) is 0 Å². The zero-order valence-corrected chi connectivity index (χ0v) is 16.1. The Morgan fingerprint density at radius 2 is 1.88 bits per heavy atom. The summed E-state index contributed by atoms with van der Waals surface area (Å²) in [5.74, 6) is 1.97. The zero-order valence-electron chi connectivity index (χ0n) is 16.1. The highest BCUT2D eigenvalue weighted by atomic mass is 16.5. The number of ether oxygens (including phenoxy) is 2. The number of hydrogen-bond acceptors (Lipinski definition) is 5. The molecule has 24 heavy (non-hydrogen) atoms. The lowest BCUT2D eigenvalue weighted by atomic mass is 9.75. The minimum absolute atomic E-state index is 0.221. The second-order valence-electron chi connectivity index (χ2n) is 8.29. The van der Waals surface area contributed by atoms with Gasteiger partial charge in [0.25, 0.3) is 0 Å². The van der Waals surface area contributed by atoms with Crippen LogP contribution in [0.5, 0.6) is 0 Å². The Bertz CT molecular complexity index is 403. The fourth-order valence-corrected chi connectivity index (χ4v) is 4.29. The summed E-state index contributed by atoms with van der Waals surface area (Å²) >= 11 is 0. The van der Waals surface area contributed by atoms with Gasteiger partial charge in [0.2, 0.25) is 0 Å². The highest BCUT2D eigenvalue weighted by Gasteiger charge is 2.32. The van der Waals surface area contributed by atoms with Crippen LogP contribution in [-0.2, 0) is 9.47 Å². The summed E-state index contributed by atoms with van der Waals surface area (Å²) in [5.41, 5.74) is 0.719. The first kappa shape index (κ1) is 19.7. The minimum atomic E-state index is 0.221. The van der Waals surface area contributed by atoms with E-state index in [9.17, 15) is 5.21 Å². The molecule has 5 heteroatoms. The molecule has 2 rings (SSSR count). The molecule has 0 aromatic rings. The van der Waals surface area contributed by atoms with Gasteiger partial charge in [0.15, 0.2) is 0 Å². The summed E-state index contributed by atoms with van der Waals surface area (Å²) in [6, 6.07) is 0. The molecular formula is C19H36N2O3. The summed E-state index contributed by atoms with van der Waals surface area (Å²) in [6.07, 6.45) is 4.39. The SMILES string of the molecule is CC1CCC(C(C)C)C(OC/C(CN2CC(C)OC(C)C2)=N/O)C1. The molecule has 5 unspecified atom stereocenters. The number of hydrogen-bond donors (Lipinski definition) is 1. The van der Waals surface area contributed by atoms with Crippen LogP contribution >= 0.6 is 0 Å². The standard InChI is InChI=1S/C19H36N2O3/c1-13(2)18-7-6-14(3)8-19(18)23-12-17(20-22)11-21-9-15(4)24-16(5)10-21/h13-16,18-19,22H,6-12H2,1-5H3/b20-17+. The van der Waals surface area contributed by atoms with Crippen LogP contribution in [0.15, 0.2) is 5.16 Å². The van der Waals surface area contributed by atoms with E-state index in [-0.39, 0.29) is 18.3 Å². The number of morpholine rings is 1. The topological polar surface area (TPSA) is 54.3 Å². The molecule has 1 heterocycles. The Balaban J connectivity index is 1.86. The monoisotopic (exact) mass is 340 g/mol. The van der Waals surface area contributed by atoms with Crippen molar-refractivity contribution in [2.75, 3.05) is 26.2 Å². The molecule has 5 nitrogen and oxygen atoms in total. The number of rotatable bonds is 6. The zero-order chi connectivity index (χ0) is 17.7. The van der Waals surface area contributed by atoms with E-state index in [0.29, 0.717) is 25.0 Å². The first-order valence-corrected chi connectivity index (χ1v) is 9.58. The van der Waals surface area contributed by atoms with Crippen LogP contribution in [0.1, 0.15) is 53.9 Å².